The SMILES string of the molecule is CC(C)(C)OC(=O)N1CCC(CS(=O)(=O)c2ccnc(Cl)n2)C1. The van der Waals surface area contributed by atoms with Crippen LogP contribution in [0.15, 0.2) is 17.3 Å². The van der Waals surface area contributed by atoms with E-state index in [1.54, 1.807) is 25.7 Å². The highest BCUT2D eigenvalue weighted by Crippen LogP contribution is 2.23. The molecule has 0 saturated carbocycles. The molecule has 0 spiro atoms. The first-order valence-corrected chi connectivity index (χ1v) is 9.29. The zero-order valence-corrected chi connectivity index (χ0v) is 14.9. The Morgan fingerprint density at radius 3 is 2.78 bits per heavy atom. The topological polar surface area (TPSA) is 89.5 Å². The number of amides is 1. The summed E-state index contributed by atoms with van der Waals surface area (Å²) in [7, 11) is -3.56. The van der Waals surface area contributed by atoms with Crippen molar-refractivity contribution in [3.63, 3.8) is 0 Å². The van der Waals surface area contributed by atoms with E-state index in [2.05, 4.69) is 9.97 Å². The van der Waals surface area contributed by atoms with Gasteiger partial charge in [-0.1, -0.05) is 0 Å². The van der Waals surface area contributed by atoms with Crippen LogP contribution >= 0.6 is 11.6 Å². The van der Waals surface area contributed by atoms with E-state index in [4.69, 9.17) is 16.3 Å². The molecule has 1 aromatic rings. The molecule has 1 aliphatic rings. The van der Waals surface area contributed by atoms with E-state index in [1.807, 2.05) is 0 Å². The van der Waals surface area contributed by atoms with Gasteiger partial charge < -0.3 is 9.64 Å². The molecule has 23 heavy (non-hydrogen) atoms. The molecule has 1 atom stereocenters. The zero-order valence-electron chi connectivity index (χ0n) is 13.3. The van der Waals surface area contributed by atoms with Crippen LogP contribution in [0.4, 0.5) is 4.79 Å². The summed E-state index contributed by atoms with van der Waals surface area (Å²) in [6.45, 7) is 6.22. The Bertz CT molecular complexity index is 688. The molecule has 0 radical (unpaired) electrons. The molecule has 7 nitrogen and oxygen atoms in total. The van der Waals surface area contributed by atoms with Crippen LogP contribution in [0.2, 0.25) is 5.28 Å². The van der Waals surface area contributed by atoms with Gasteiger partial charge in [0.1, 0.15) is 5.60 Å². The van der Waals surface area contributed by atoms with Gasteiger partial charge in [0.2, 0.25) is 5.28 Å². The summed E-state index contributed by atoms with van der Waals surface area (Å²) in [5.41, 5.74) is -0.570. The van der Waals surface area contributed by atoms with Crippen LogP contribution in [0, 0.1) is 5.92 Å². The van der Waals surface area contributed by atoms with Gasteiger partial charge in [-0.25, -0.2) is 23.2 Å². The number of aromatic nitrogens is 2. The van der Waals surface area contributed by atoms with Crippen molar-refractivity contribution >= 4 is 27.5 Å². The van der Waals surface area contributed by atoms with Gasteiger partial charge in [0.05, 0.1) is 5.75 Å². The average molecular weight is 362 g/mol. The Morgan fingerprint density at radius 2 is 2.17 bits per heavy atom. The number of halogens is 1. The van der Waals surface area contributed by atoms with Gasteiger partial charge in [-0.3, -0.25) is 0 Å². The van der Waals surface area contributed by atoms with E-state index in [0.717, 1.165) is 0 Å². The Morgan fingerprint density at radius 1 is 1.48 bits per heavy atom. The lowest BCUT2D eigenvalue weighted by Gasteiger charge is -2.24. The third-order valence-corrected chi connectivity index (χ3v) is 5.27. The maximum atomic E-state index is 12.4. The number of sulfone groups is 1. The highest BCUT2D eigenvalue weighted by molar-refractivity contribution is 7.91. The minimum Gasteiger partial charge on any atom is -0.444 e. The van der Waals surface area contributed by atoms with Crippen LogP contribution in [-0.2, 0) is 14.6 Å². The number of likely N-dealkylation sites (tertiary alicyclic amines) is 1. The van der Waals surface area contributed by atoms with Crippen molar-refractivity contribution in [1.82, 2.24) is 14.9 Å². The fourth-order valence-corrected chi connectivity index (χ4v) is 4.10. The van der Waals surface area contributed by atoms with Crippen LogP contribution in [0.3, 0.4) is 0 Å². The van der Waals surface area contributed by atoms with E-state index >= 15 is 0 Å². The number of carbonyl (C=O) groups is 1. The van der Waals surface area contributed by atoms with Crippen molar-refractivity contribution in [3.05, 3.63) is 17.5 Å². The monoisotopic (exact) mass is 361 g/mol. The lowest BCUT2D eigenvalue weighted by Crippen LogP contribution is -2.35. The summed E-state index contributed by atoms with van der Waals surface area (Å²) < 4.78 is 30.0. The number of nitrogens with zero attached hydrogens (tertiary/aromatic N) is 3. The van der Waals surface area contributed by atoms with Crippen molar-refractivity contribution in [2.75, 3.05) is 18.8 Å². The maximum Gasteiger partial charge on any atom is 0.410 e. The third-order valence-electron chi connectivity index (χ3n) is 3.31. The maximum absolute atomic E-state index is 12.4. The number of hydrogen-bond acceptors (Lipinski definition) is 6. The second-order valence-electron chi connectivity index (χ2n) is 6.53. The first-order valence-electron chi connectivity index (χ1n) is 7.26. The molecule has 1 saturated heterocycles. The second kappa shape index (κ2) is 6.60. The molecule has 0 aromatic carbocycles. The quantitative estimate of drug-likeness (QED) is 0.605. The van der Waals surface area contributed by atoms with E-state index in [-0.39, 0.29) is 22.0 Å². The fraction of sp³-hybridized carbons (Fsp3) is 0.643. The van der Waals surface area contributed by atoms with E-state index in [9.17, 15) is 13.2 Å². The molecule has 1 amide bonds. The molecular formula is C14H20ClN3O4S. The van der Waals surface area contributed by atoms with Gasteiger partial charge in [-0.15, -0.1) is 0 Å². The van der Waals surface area contributed by atoms with E-state index in [0.29, 0.717) is 19.5 Å². The van der Waals surface area contributed by atoms with Crippen LogP contribution in [0.5, 0.6) is 0 Å². The van der Waals surface area contributed by atoms with Crippen molar-refractivity contribution in [2.24, 2.45) is 5.92 Å². The molecule has 1 aromatic heterocycles. The molecule has 2 heterocycles. The van der Waals surface area contributed by atoms with Gasteiger partial charge >= 0.3 is 6.09 Å². The highest BCUT2D eigenvalue weighted by atomic mass is 35.5. The minimum absolute atomic E-state index is 0.0837. The molecule has 0 N–H and O–H groups in total. The highest BCUT2D eigenvalue weighted by Gasteiger charge is 2.33. The lowest BCUT2D eigenvalue weighted by atomic mass is 10.2. The molecule has 0 aliphatic carbocycles. The summed E-state index contributed by atoms with van der Waals surface area (Å²) in [4.78, 5) is 21.0. The van der Waals surface area contributed by atoms with Gasteiger partial charge in [-0.2, -0.15) is 0 Å². The van der Waals surface area contributed by atoms with E-state index < -0.39 is 21.5 Å². The van der Waals surface area contributed by atoms with Crippen LogP contribution < -0.4 is 0 Å². The Balaban J connectivity index is 1.99. The number of hydrogen-bond donors (Lipinski definition) is 0. The molecule has 0 bridgehead atoms. The van der Waals surface area contributed by atoms with Gasteiger partial charge in [-0.05, 0) is 50.8 Å². The molecule has 1 unspecified atom stereocenters. The zero-order chi connectivity index (χ0) is 17.3. The van der Waals surface area contributed by atoms with Gasteiger partial charge in [0, 0.05) is 19.3 Å². The molecule has 2 rings (SSSR count). The minimum atomic E-state index is -3.56. The lowest BCUT2D eigenvalue weighted by molar-refractivity contribution is 0.0289. The Kier molecular flexibility index (Phi) is 5.15. The molecular weight excluding hydrogens is 342 g/mol. The summed E-state index contributed by atoms with van der Waals surface area (Å²) in [6.07, 6.45) is 1.50. The summed E-state index contributed by atoms with van der Waals surface area (Å²) >= 11 is 5.64. The summed E-state index contributed by atoms with van der Waals surface area (Å²) in [5.74, 6) is -0.235. The van der Waals surface area contributed by atoms with Crippen molar-refractivity contribution < 1.29 is 17.9 Å². The molecule has 1 aliphatic heterocycles. The van der Waals surface area contributed by atoms with Crippen molar-refractivity contribution in [3.8, 4) is 0 Å². The standard InChI is InChI=1S/C14H20ClN3O4S/c1-14(2,3)22-13(19)18-7-5-10(8-18)9-23(20,21)11-4-6-16-12(15)17-11/h4,6,10H,5,7-9H2,1-3H3. The first-order chi connectivity index (χ1) is 10.6. The van der Waals surface area contributed by atoms with Crippen LogP contribution in [-0.4, -0.2) is 53.8 Å². The second-order valence-corrected chi connectivity index (χ2v) is 8.85. The third kappa shape index (κ3) is 5.04. The average Bonchev–Trinajstić information content (AvgIpc) is 2.84. The smallest absolute Gasteiger partial charge is 0.410 e. The van der Waals surface area contributed by atoms with E-state index in [1.165, 1.54) is 12.3 Å². The van der Waals surface area contributed by atoms with Crippen LogP contribution in [0.25, 0.3) is 0 Å². The Hall–Kier alpha value is -1.41. The van der Waals surface area contributed by atoms with Crippen molar-refractivity contribution in [2.45, 2.75) is 37.8 Å². The summed E-state index contributed by atoms with van der Waals surface area (Å²) in [6, 6.07) is 1.32. The molecule has 9 heteroatoms. The van der Waals surface area contributed by atoms with Crippen LogP contribution in [0.1, 0.15) is 27.2 Å². The predicted octanol–water partition coefficient (Wildman–Crippen LogP) is 2.16. The predicted molar refractivity (Wildman–Crippen MR) is 85.0 cm³/mol. The Labute approximate surface area is 140 Å². The first kappa shape index (κ1) is 17.9. The van der Waals surface area contributed by atoms with Gasteiger partial charge in [0.25, 0.3) is 0 Å². The molecule has 1 fully saturated rings. The number of rotatable bonds is 3. The van der Waals surface area contributed by atoms with Gasteiger partial charge in [0.15, 0.2) is 14.9 Å². The normalized spacial score (nSPS) is 19.0. The fourth-order valence-electron chi connectivity index (χ4n) is 2.35. The number of ether oxygens (including phenoxy) is 1. The summed E-state index contributed by atoms with van der Waals surface area (Å²) in [5, 5.41) is -0.193. The van der Waals surface area contributed by atoms with Crippen molar-refractivity contribution in [1.29, 1.82) is 0 Å². The molecule has 128 valence electrons. The largest absolute Gasteiger partial charge is 0.444 e. The number of carbonyl (C=O) groups excluding carboxylic acids is 1.